The molecule has 2 rings (SSSR count). The normalized spacial score (nSPS) is 18.5. The summed E-state index contributed by atoms with van der Waals surface area (Å²) in [6.45, 7) is 2.15. The van der Waals surface area contributed by atoms with Crippen molar-refractivity contribution in [3.63, 3.8) is 0 Å². The summed E-state index contributed by atoms with van der Waals surface area (Å²) in [4.78, 5) is 17.6. The van der Waals surface area contributed by atoms with E-state index in [0.29, 0.717) is 0 Å². The summed E-state index contributed by atoms with van der Waals surface area (Å²) in [5.41, 5.74) is 10.2. The predicted molar refractivity (Wildman–Crippen MR) is 105 cm³/mol. The second-order valence-electron chi connectivity index (χ2n) is 7.57. The molecule has 1 aliphatic carbocycles. The van der Waals surface area contributed by atoms with E-state index in [2.05, 4.69) is 29.6 Å². The number of aryl methyl sites for hydroxylation is 2. The van der Waals surface area contributed by atoms with Crippen LogP contribution in [0.1, 0.15) is 68.6 Å². The zero-order valence-corrected chi connectivity index (χ0v) is 16.8. The van der Waals surface area contributed by atoms with Gasteiger partial charge in [-0.3, -0.25) is 4.52 Å². The van der Waals surface area contributed by atoms with Crippen LogP contribution in [0.2, 0.25) is 0 Å². The average Bonchev–Trinajstić information content (AvgIpc) is 2.61. The molecule has 5 nitrogen and oxygen atoms in total. The van der Waals surface area contributed by atoms with Gasteiger partial charge in [-0.25, -0.2) is 4.57 Å². The number of nitrogens with two attached hydrogens (primary N) is 1. The lowest BCUT2D eigenvalue weighted by atomic mass is 9.79. The van der Waals surface area contributed by atoms with Crippen LogP contribution in [-0.2, 0) is 28.4 Å². The molecule has 0 fully saturated rings. The van der Waals surface area contributed by atoms with E-state index in [-0.39, 0.29) is 18.6 Å². The third kappa shape index (κ3) is 7.50. The number of benzene rings is 1. The minimum atomic E-state index is -4.44. The van der Waals surface area contributed by atoms with Gasteiger partial charge < -0.3 is 15.5 Å². The van der Waals surface area contributed by atoms with Gasteiger partial charge in [0.2, 0.25) is 0 Å². The van der Waals surface area contributed by atoms with Crippen molar-refractivity contribution < 1.29 is 18.9 Å². The Kier molecular flexibility index (Phi) is 8.78. The molecule has 4 N–H and O–H groups in total. The largest absolute Gasteiger partial charge is 0.469 e. The Hall–Kier alpha value is -0.710. The number of hydrogen-bond donors (Lipinski definition) is 3. The van der Waals surface area contributed by atoms with Crippen LogP contribution < -0.4 is 5.73 Å². The molecule has 0 aromatic heterocycles. The first kappa shape index (κ1) is 21.6. The number of unbranched alkanes of at least 4 members (excludes halogenated alkanes) is 5. The highest BCUT2D eigenvalue weighted by Crippen LogP contribution is 2.37. The second-order valence-corrected chi connectivity index (χ2v) is 8.81. The fraction of sp³-hybridized carbons (Fsp3) is 0.700. The molecule has 0 aliphatic heterocycles. The van der Waals surface area contributed by atoms with Crippen LogP contribution in [-0.4, -0.2) is 22.4 Å². The third-order valence-electron chi connectivity index (χ3n) is 5.40. The SMILES string of the molecule is CCCCCCCCc1ccc2c(c1)CC[C@@H]([C@@H](N)COP(=O)(O)O)C2. The van der Waals surface area contributed by atoms with Crippen LogP contribution >= 0.6 is 7.82 Å². The summed E-state index contributed by atoms with van der Waals surface area (Å²) in [7, 11) is -4.44. The summed E-state index contributed by atoms with van der Waals surface area (Å²) >= 11 is 0. The summed E-state index contributed by atoms with van der Waals surface area (Å²) in [5.74, 6) is 0.207. The minimum Gasteiger partial charge on any atom is -0.325 e. The van der Waals surface area contributed by atoms with Crippen LogP contribution in [0.4, 0.5) is 0 Å². The molecule has 0 saturated carbocycles. The molecule has 0 bridgehead atoms. The number of phosphoric acid groups is 1. The first-order valence-corrected chi connectivity index (χ1v) is 11.5. The Morgan fingerprint density at radius 1 is 1.19 bits per heavy atom. The van der Waals surface area contributed by atoms with Gasteiger partial charge in [0.1, 0.15) is 0 Å². The van der Waals surface area contributed by atoms with Gasteiger partial charge in [-0.05, 0) is 54.7 Å². The van der Waals surface area contributed by atoms with Gasteiger partial charge in [-0.2, -0.15) is 0 Å². The maximum absolute atomic E-state index is 10.8. The number of fused-ring (bicyclic) bond motifs is 1. The average molecular weight is 383 g/mol. The van der Waals surface area contributed by atoms with E-state index >= 15 is 0 Å². The molecule has 1 aromatic rings. The summed E-state index contributed by atoms with van der Waals surface area (Å²) in [6, 6.07) is 6.43. The maximum atomic E-state index is 10.8. The Balaban J connectivity index is 1.80. The highest BCUT2D eigenvalue weighted by molar-refractivity contribution is 7.46. The summed E-state index contributed by atoms with van der Waals surface area (Å²) in [5, 5.41) is 0. The molecule has 0 radical (unpaired) electrons. The van der Waals surface area contributed by atoms with Gasteiger partial charge in [0.25, 0.3) is 0 Å². The first-order valence-electron chi connectivity index (χ1n) is 9.95. The van der Waals surface area contributed by atoms with Gasteiger partial charge in [-0.15, -0.1) is 0 Å². The van der Waals surface area contributed by atoms with Crippen LogP contribution in [0.25, 0.3) is 0 Å². The van der Waals surface area contributed by atoms with E-state index < -0.39 is 7.82 Å². The Morgan fingerprint density at radius 3 is 2.65 bits per heavy atom. The highest BCUT2D eigenvalue weighted by Gasteiger charge is 2.26. The molecular weight excluding hydrogens is 349 g/mol. The van der Waals surface area contributed by atoms with Crippen LogP contribution in [0.5, 0.6) is 0 Å². The lowest BCUT2D eigenvalue weighted by Crippen LogP contribution is -2.37. The van der Waals surface area contributed by atoms with Gasteiger partial charge >= 0.3 is 7.82 Å². The molecular formula is C20H34NO4P. The van der Waals surface area contributed by atoms with E-state index in [9.17, 15) is 4.57 Å². The third-order valence-corrected chi connectivity index (χ3v) is 5.88. The van der Waals surface area contributed by atoms with Gasteiger partial charge in [0.15, 0.2) is 0 Å². The molecule has 6 heteroatoms. The number of phosphoric ester groups is 1. The lowest BCUT2D eigenvalue weighted by Gasteiger charge is -2.29. The van der Waals surface area contributed by atoms with E-state index in [4.69, 9.17) is 15.5 Å². The lowest BCUT2D eigenvalue weighted by molar-refractivity contribution is 0.166. The molecule has 0 amide bonds. The molecule has 0 spiro atoms. The van der Waals surface area contributed by atoms with E-state index in [1.165, 1.54) is 55.2 Å². The quantitative estimate of drug-likeness (QED) is 0.395. The first-order chi connectivity index (χ1) is 12.4. The van der Waals surface area contributed by atoms with Crippen LogP contribution in [0.15, 0.2) is 18.2 Å². The van der Waals surface area contributed by atoms with Crippen molar-refractivity contribution >= 4 is 7.82 Å². The molecule has 0 saturated heterocycles. The van der Waals surface area contributed by atoms with Crippen molar-refractivity contribution in [3.8, 4) is 0 Å². The highest BCUT2D eigenvalue weighted by atomic mass is 31.2. The minimum absolute atomic E-state index is 0.0968. The maximum Gasteiger partial charge on any atom is 0.469 e. The van der Waals surface area contributed by atoms with E-state index in [0.717, 1.165) is 25.7 Å². The molecule has 0 unspecified atom stereocenters. The number of rotatable bonds is 11. The van der Waals surface area contributed by atoms with Crippen molar-refractivity contribution in [2.75, 3.05) is 6.61 Å². The Bertz CT molecular complexity index is 601. The van der Waals surface area contributed by atoms with Gasteiger partial charge in [0.05, 0.1) is 6.61 Å². The van der Waals surface area contributed by atoms with Crippen molar-refractivity contribution in [1.82, 2.24) is 0 Å². The van der Waals surface area contributed by atoms with Crippen molar-refractivity contribution in [2.45, 2.75) is 77.2 Å². The fourth-order valence-corrected chi connectivity index (χ4v) is 4.15. The van der Waals surface area contributed by atoms with Crippen molar-refractivity contribution in [2.24, 2.45) is 11.7 Å². The van der Waals surface area contributed by atoms with Gasteiger partial charge in [0, 0.05) is 6.04 Å². The van der Waals surface area contributed by atoms with Crippen molar-refractivity contribution in [3.05, 3.63) is 34.9 Å². The van der Waals surface area contributed by atoms with E-state index in [1.54, 1.807) is 0 Å². The molecule has 1 aliphatic rings. The molecule has 0 heterocycles. The topological polar surface area (TPSA) is 92.8 Å². The van der Waals surface area contributed by atoms with Gasteiger partial charge in [-0.1, -0.05) is 57.2 Å². The molecule has 2 atom stereocenters. The predicted octanol–water partition coefficient (Wildman–Crippen LogP) is 4.13. The molecule has 148 valence electrons. The second kappa shape index (κ2) is 10.6. The Labute approximate surface area is 157 Å². The summed E-state index contributed by atoms with van der Waals surface area (Å²) in [6.07, 6.45) is 11.8. The van der Waals surface area contributed by atoms with Crippen molar-refractivity contribution in [1.29, 1.82) is 0 Å². The zero-order chi connectivity index (χ0) is 19.0. The van der Waals surface area contributed by atoms with Crippen LogP contribution in [0.3, 0.4) is 0 Å². The van der Waals surface area contributed by atoms with E-state index in [1.807, 2.05) is 0 Å². The molecule has 1 aromatic carbocycles. The fourth-order valence-electron chi connectivity index (χ4n) is 3.79. The standard InChI is InChI=1S/C20H34NO4P/c1-2-3-4-5-6-7-8-16-9-10-18-14-19(12-11-17(18)13-16)20(21)15-25-26(22,23)24/h9-10,13,19-20H,2-8,11-12,14-15,21H2,1H3,(H2,22,23,24)/t19-,20+/m1/s1. The molecule has 26 heavy (non-hydrogen) atoms. The summed E-state index contributed by atoms with van der Waals surface area (Å²) < 4.78 is 15.4. The number of hydrogen-bond acceptors (Lipinski definition) is 3. The monoisotopic (exact) mass is 383 g/mol. The Morgan fingerprint density at radius 2 is 1.92 bits per heavy atom. The zero-order valence-electron chi connectivity index (χ0n) is 15.9. The smallest absolute Gasteiger partial charge is 0.325 e. The van der Waals surface area contributed by atoms with Crippen LogP contribution in [0, 0.1) is 5.92 Å².